The first-order valence-electron chi connectivity index (χ1n) is 5.01. The number of rotatable bonds is 4. The van der Waals surface area contributed by atoms with E-state index in [0.717, 1.165) is 6.26 Å². The van der Waals surface area contributed by atoms with E-state index in [-0.39, 0.29) is 13.2 Å². The maximum absolute atomic E-state index is 11.4. The molecule has 0 amide bonds. The quantitative estimate of drug-likeness (QED) is 0.459. The molecular weight excluding hydrogens is 256 g/mol. The molecule has 6 heteroatoms. The summed E-state index contributed by atoms with van der Waals surface area (Å²) in [7, 11) is -3.48. The first kappa shape index (κ1) is 14.2. The summed E-state index contributed by atoms with van der Waals surface area (Å²) in [6.45, 7) is -0.359. The highest BCUT2D eigenvalue weighted by Crippen LogP contribution is 2.00. The molecule has 0 aliphatic carbocycles. The lowest BCUT2D eigenvalue weighted by molar-refractivity contribution is 0.0556. The summed E-state index contributed by atoms with van der Waals surface area (Å²) < 4.78 is 30.4. The lowest BCUT2D eigenvalue weighted by Gasteiger charge is -1.99. The van der Waals surface area contributed by atoms with Gasteiger partial charge in [0.05, 0.1) is 11.8 Å². The topological polar surface area (TPSA) is 69.7 Å². The van der Waals surface area contributed by atoms with Gasteiger partial charge in [0.25, 0.3) is 10.1 Å². The lowest BCUT2D eigenvalue weighted by Crippen LogP contribution is -2.05. The van der Waals surface area contributed by atoms with Gasteiger partial charge in [-0.2, -0.15) is 8.42 Å². The van der Waals surface area contributed by atoms with Gasteiger partial charge in [0, 0.05) is 0 Å². The molecule has 1 aromatic carbocycles. The van der Waals surface area contributed by atoms with Gasteiger partial charge >= 0.3 is 5.97 Å². The van der Waals surface area contributed by atoms with Crippen molar-refractivity contribution < 1.29 is 22.1 Å². The maximum Gasteiger partial charge on any atom is 0.339 e. The van der Waals surface area contributed by atoms with Gasteiger partial charge in [-0.15, -0.1) is 0 Å². The van der Waals surface area contributed by atoms with Gasteiger partial charge in [-0.3, -0.25) is 4.18 Å². The third-order valence-corrected chi connectivity index (χ3v) is 2.30. The molecule has 0 saturated heterocycles. The molecule has 96 valence electrons. The molecule has 0 fully saturated rings. The summed E-state index contributed by atoms with van der Waals surface area (Å²) in [5.74, 6) is 4.42. The van der Waals surface area contributed by atoms with Gasteiger partial charge in [-0.1, -0.05) is 30.0 Å². The minimum atomic E-state index is -3.48. The Balaban J connectivity index is 2.31. The number of hydrogen-bond acceptors (Lipinski definition) is 5. The average Bonchev–Trinajstić information content (AvgIpc) is 2.33. The van der Waals surface area contributed by atoms with E-state index in [1.165, 1.54) is 0 Å². The van der Waals surface area contributed by atoms with Crippen LogP contribution in [0.25, 0.3) is 0 Å². The second kappa shape index (κ2) is 6.79. The summed E-state index contributed by atoms with van der Waals surface area (Å²) in [6, 6.07) is 8.49. The second-order valence-electron chi connectivity index (χ2n) is 3.26. The van der Waals surface area contributed by atoms with Crippen LogP contribution in [-0.2, 0) is 19.0 Å². The molecule has 0 aliphatic rings. The van der Waals surface area contributed by atoms with E-state index in [1.54, 1.807) is 30.3 Å². The van der Waals surface area contributed by atoms with Crippen molar-refractivity contribution in [3.63, 3.8) is 0 Å². The van der Waals surface area contributed by atoms with E-state index in [0.29, 0.717) is 5.56 Å². The first-order valence-corrected chi connectivity index (χ1v) is 6.83. The summed E-state index contributed by atoms with van der Waals surface area (Å²) >= 11 is 0. The zero-order chi connectivity index (χ0) is 13.4. The molecule has 0 radical (unpaired) electrons. The Kier molecular flexibility index (Phi) is 5.36. The fourth-order valence-corrected chi connectivity index (χ4v) is 1.27. The van der Waals surface area contributed by atoms with Crippen molar-refractivity contribution in [3.8, 4) is 11.8 Å². The molecule has 0 spiro atoms. The predicted octanol–water partition coefficient (Wildman–Crippen LogP) is 0.823. The van der Waals surface area contributed by atoms with Gasteiger partial charge in [-0.25, -0.2) is 4.79 Å². The van der Waals surface area contributed by atoms with Crippen LogP contribution in [0.3, 0.4) is 0 Å². The molecule has 0 atom stereocenters. The highest BCUT2D eigenvalue weighted by molar-refractivity contribution is 7.85. The Hall–Kier alpha value is -1.84. The van der Waals surface area contributed by atoms with Crippen LogP contribution in [0.1, 0.15) is 10.4 Å². The Bertz CT molecular complexity index is 551. The zero-order valence-electron chi connectivity index (χ0n) is 9.75. The van der Waals surface area contributed by atoms with E-state index in [9.17, 15) is 13.2 Å². The minimum Gasteiger partial charge on any atom is -0.449 e. The molecule has 1 aromatic rings. The van der Waals surface area contributed by atoms with Gasteiger partial charge in [0.2, 0.25) is 0 Å². The third kappa shape index (κ3) is 6.03. The van der Waals surface area contributed by atoms with E-state index >= 15 is 0 Å². The molecule has 18 heavy (non-hydrogen) atoms. The molecule has 0 N–H and O–H groups in total. The summed E-state index contributed by atoms with van der Waals surface area (Å²) in [5, 5.41) is 0. The number of benzene rings is 1. The number of carbonyl (C=O) groups is 1. The number of ether oxygens (including phenoxy) is 1. The van der Waals surface area contributed by atoms with Crippen molar-refractivity contribution >= 4 is 16.1 Å². The molecule has 0 aromatic heterocycles. The van der Waals surface area contributed by atoms with Gasteiger partial charge in [-0.05, 0) is 12.1 Å². The second-order valence-corrected chi connectivity index (χ2v) is 4.91. The highest BCUT2D eigenvalue weighted by Gasteiger charge is 2.03. The Morgan fingerprint density at radius 1 is 1.17 bits per heavy atom. The monoisotopic (exact) mass is 268 g/mol. The SMILES string of the molecule is CS(=O)(=O)OCC#CCOC(=O)c1ccccc1. The largest absolute Gasteiger partial charge is 0.449 e. The molecule has 0 heterocycles. The summed E-state index contributed by atoms with van der Waals surface area (Å²) in [6.07, 6.45) is 0.935. The van der Waals surface area contributed by atoms with E-state index in [1.807, 2.05) is 0 Å². The molecule has 1 rings (SSSR count). The Morgan fingerprint density at radius 2 is 1.78 bits per heavy atom. The minimum absolute atomic E-state index is 0.110. The van der Waals surface area contributed by atoms with Crippen LogP contribution in [0.2, 0.25) is 0 Å². The predicted molar refractivity (Wildman–Crippen MR) is 65.3 cm³/mol. The Morgan fingerprint density at radius 3 is 2.39 bits per heavy atom. The maximum atomic E-state index is 11.4. The van der Waals surface area contributed by atoms with Crippen molar-refractivity contribution in [2.24, 2.45) is 0 Å². The summed E-state index contributed by atoms with van der Waals surface area (Å²) in [5.41, 5.74) is 0.437. The van der Waals surface area contributed by atoms with Crippen molar-refractivity contribution in [2.75, 3.05) is 19.5 Å². The standard InChI is InChI=1S/C12H12O5S/c1-18(14,15)17-10-6-5-9-16-12(13)11-7-3-2-4-8-11/h2-4,7-8H,9-10H2,1H3. The van der Waals surface area contributed by atoms with Crippen LogP contribution in [0.5, 0.6) is 0 Å². The highest BCUT2D eigenvalue weighted by atomic mass is 32.2. The van der Waals surface area contributed by atoms with Crippen molar-refractivity contribution in [1.82, 2.24) is 0 Å². The van der Waals surface area contributed by atoms with Crippen molar-refractivity contribution in [3.05, 3.63) is 35.9 Å². The van der Waals surface area contributed by atoms with Gasteiger partial charge < -0.3 is 4.74 Å². The zero-order valence-corrected chi connectivity index (χ0v) is 10.6. The first-order chi connectivity index (χ1) is 8.49. The van der Waals surface area contributed by atoms with Gasteiger partial charge in [0.1, 0.15) is 6.61 Å². The average molecular weight is 268 g/mol. The lowest BCUT2D eigenvalue weighted by atomic mass is 10.2. The smallest absolute Gasteiger partial charge is 0.339 e. The Labute approximate surface area is 106 Å². The van der Waals surface area contributed by atoms with E-state index in [4.69, 9.17) is 4.74 Å². The normalized spacial score (nSPS) is 10.3. The van der Waals surface area contributed by atoms with Crippen LogP contribution < -0.4 is 0 Å². The molecule has 0 aliphatic heterocycles. The fourth-order valence-electron chi connectivity index (χ4n) is 0.998. The van der Waals surface area contributed by atoms with E-state index < -0.39 is 16.1 Å². The van der Waals surface area contributed by atoms with Crippen LogP contribution in [0, 0.1) is 11.8 Å². The van der Waals surface area contributed by atoms with E-state index in [2.05, 4.69) is 16.0 Å². The molecular formula is C12H12O5S. The van der Waals surface area contributed by atoms with Crippen molar-refractivity contribution in [1.29, 1.82) is 0 Å². The van der Waals surface area contributed by atoms with Crippen LogP contribution in [-0.4, -0.2) is 33.9 Å². The fraction of sp³-hybridized carbons (Fsp3) is 0.250. The van der Waals surface area contributed by atoms with Crippen LogP contribution in [0.15, 0.2) is 30.3 Å². The van der Waals surface area contributed by atoms with Crippen LogP contribution >= 0.6 is 0 Å². The van der Waals surface area contributed by atoms with Crippen LogP contribution in [0.4, 0.5) is 0 Å². The number of hydrogen-bond donors (Lipinski definition) is 0. The number of carbonyl (C=O) groups excluding carboxylic acids is 1. The number of esters is 1. The third-order valence-electron chi connectivity index (χ3n) is 1.76. The molecule has 0 unspecified atom stereocenters. The molecule has 0 saturated carbocycles. The van der Waals surface area contributed by atoms with Gasteiger partial charge in [0.15, 0.2) is 6.61 Å². The molecule has 5 nitrogen and oxygen atoms in total. The molecule has 0 bridgehead atoms. The van der Waals surface area contributed by atoms with Crippen molar-refractivity contribution in [2.45, 2.75) is 0 Å². The summed E-state index contributed by atoms with van der Waals surface area (Å²) in [4.78, 5) is 11.4.